The zero-order chi connectivity index (χ0) is 48.1. The molecule has 0 aliphatic heterocycles. The van der Waals surface area contributed by atoms with Gasteiger partial charge in [0.1, 0.15) is 52.7 Å². The summed E-state index contributed by atoms with van der Waals surface area (Å²) in [6, 6.07) is 15.8. The maximum Gasteiger partial charge on any atom is 0.227 e. The molecule has 0 spiro atoms. The molecule has 342 valence electrons. The van der Waals surface area contributed by atoms with Crippen LogP contribution < -0.4 is 26.4 Å². The lowest BCUT2D eigenvalue weighted by Gasteiger charge is -2.44. The molecular weight excluding hydrogens is 925 g/mol. The standard InChI is InChI=1S/C24BF20.C18H20NO/c26-5-1(6(27)14(35)21(42)13(5)34)25(2-7(28)15(36)22(43)16(37)8(2)29,3-9(30)17(38)23(44)18(39)10(3)31)4-11(32)19(40)24(45)20(41)12(4)33;20-18(16-10-2-1-3-11-16)14-19-13-7-6-12-17(19)15-8-4-5-9-15/h;1-3,6-7,10-13,15H,4-5,8-9,14H2/q-1;+1. The van der Waals surface area contributed by atoms with Crippen molar-refractivity contribution in [3.63, 3.8) is 0 Å². The Morgan fingerprint density at radius 1 is 0.400 bits per heavy atom. The van der Waals surface area contributed by atoms with E-state index in [0.29, 0.717) is 12.5 Å². The van der Waals surface area contributed by atoms with Gasteiger partial charge in [0.25, 0.3) is 0 Å². The third kappa shape index (κ3) is 7.74. The molecule has 0 atom stereocenters. The highest BCUT2D eigenvalue weighted by Crippen LogP contribution is 2.33. The number of rotatable bonds is 8. The minimum Gasteiger partial charge on any atom is -0.287 e. The normalized spacial score (nSPS) is 13.0. The molecule has 1 saturated carbocycles. The highest BCUT2D eigenvalue weighted by Gasteiger charge is 2.52. The second-order valence-corrected chi connectivity index (χ2v) is 14.3. The van der Waals surface area contributed by atoms with Gasteiger partial charge in [-0.15, -0.1) is 21.9 Å². The molecule has 1 aliphatic carbocycles. The van der Waals surface area contributed by atoms with Crippen LogP contribution >= 0.6 is 0 Å². The van der Waals surface area contributed by atoms with Crippen molar-refractivity contribution in [2.75, 3.05) is 0 Å². The smallest absolute Gasteiger partial charge is 0.227 e. The molecular formula is C42H20BF20NO. The lowest BCUT2D eigenvalue weighted by molar-refractivity contribution is -0.692. The van der Waals surface area contributed by atoms with Crippen LogP contribution in [0.15, 0.2) is 54.7 Å². The van der Waals surface area contributed by atoms with E-state index in [9.17, 15) is 57.5 Å². The molecule has 1 aliphatic rings. The topological polar surface area (TPSA) is 20.9 Å². The molecule has 0 N–H and O–H groups in total. The molecule has 5 aromatic carbocycles. The summed E-state index contributed by atoms with van der Waals surface area (Å²) in [6.45, 7) is 0.441. The average molecular weight is 945 g/mol. The zero-order valence-electron chi connectivity index (χ0n) is 31.8. The number of aromatic nitrogens is 1. The van der Waals surface area contributed by atoms with Crippen molar-refractivity contribution in [3.8, 4) is 0 Å². The maximum absolute atomic E-state index is 15.4. The number of benzene rings is 5. The maximum atomic E-state index is 15.4. The van der Waals surface area contributed by atoms with E-state index >= 15 is 35.1 Å². The molecule has 23 heteroatoms. The van der Waals surface area contributed by atoms with Gasteiger partial charge in [-0.25, -0.2) is 87.8 Å². The first kappa shape index (κ1) is 48.1. The van der Waals surface area contributed by atoms with E-state index in [1.807, 2.05) is 42.6 Å². The van der Waals surface area contributed by atoms with Gasteiger partial charge in [0, 0.05) is 23.6 Å². The van der Waals surface area contributed by atoms with Crippen molar-refractivity contribution < 1.29 is 97.2 Å². The molecule has 0 bridgehead atoms. The number of carbonyl (C=O) groups is 1. The van der Waals surface area contributed by atoms with Gasteiger partial charge in [-0.1, -0.05) is 49.2 Å². The second kappa shape index (κ2) is 18.2. The second-order valence-electron chi connectivity index (χ2n) is 14.3. The summed E-state index contributed by atoms with van der Waals surface area (Å²) >= 11 is 0. The summed E-state index contributed by atoms with van der Waals surface area (Å²) < 4.78 is 296. The summed E-state index contributed by atoms with van der Waals surface area (Å²) in [7, 11) is 0. The number of carbonyl (C=O) groups excluding carboxylic acids is 1. The molecule has 7 rings (SSSR count). The Kier molecular flexibility index (Phi) is 13.5. The van der Waals surface area contributed by atoms with Gasteiger partial charge in [0.05, 0.1) is 0 Å². The van der Waals surface area contributed by atoms with Crippen LogP contribution in [0.4, 0.5) is 87.8 Å². The molecule has 2 nitrogen and oxygen atoms in total. The molecule has 0 radical (unpaired) electrons. The fourth-order valence-electron chi connectivity index (χ4n) is 7.97. The number of halogens is 20. The highest BCUT2D eigenvalue weighted by molar-refractivity contribution is 7.20. The minimum absolute atomic E-state index is 0.182. The number of pyridine rings is 1. The first-order valence-corrected chi connectivity index (χ1v) is 18.3. The monoisotopic (exact) mass is 945 g/mol. The van der Waals surface area contributed by atoms with Crippen LogP contribution in [-0.4, -0.2) is 11.9 Å². The van der Waals surface area contributed by atoms with E-state index in [0.717, 1.165) is 5.56 Å². The Labute approximate surface area is 351 Å². The quantitative estimate of drug-likeness (QED) is 0.0373. The molecule has 65 heavy (non-hydrogen) atoms. The summed E-state index contributed by atoms with van der Waals surface area (Å²) in [4.78, 5) is 12.4. The van der Waals surface area contributed by atoms with Gasteiger partial charge in [-0.2, -0.15) is 4.57 Å². The highest BCUT2D eigenvalue weighted by atomic mass is 19.2. The molecule has 6 aromatic rings. The van der Waals surface area contributed by atoms with Crippen molar-refractivity contribution in [1.29, 1.82) is 0 Å². The Hall–Kier alpha value is -6.42. The molecule has 1 fully saturated rings. The number of hydrogen-bond donors (Lipinski definition) is 0. The lowest BCUT2D eigenvalue weighted by atomic mass is 9.12. The van der Waals surface area contributed by atoms with E-state index in [1.165, 1.54) is 31.4 Å². The number of Topliss-reactive ketones (excluding diaryl/α,β-unsaturated/α-hetero) is 1. The summed E-state index contributed by atoms with van der Waals surface area (Å²) in [6.07, 6.45) is -0.0504. The fourth-order valence-corrected chi connectivity index (χ4v) is 7.97. The molecule has 0 amide bonds. The van der Waals surface area contributed by atoms with Crippen molar-refractivity contribution in [2.45, 2.75) is 38.1 Å². The number of hydrogen-bond acceptors (Lipinski definition) is 1. The Morgan fingerprint density at radius 2 is 0.677 bits per heavy atom. The van der Waals surface area contributed by atoms with Crippen LogP contribution in [-0.2, 0) is 6.54 Å². The average Bonchev–Trinajstić information content (AvgIpc) is 3.85. The van der Waals surface area contributed by atoms with Gasteiger partial charge in [-0.05, 0) is 12.8 Å². The summed E-state index contributed by atoms with van der Waals surface area (Å²) in [5.41, 5.74) is -12.2. The largest absolute Gasteiger partial charge is 0.287 e. The number of nitrogens with zero attached hydrogens (tertiary/aromatic N) is 1. The third-order valence-electron chi connectivity index (χ3n) is 10.9. The van der Waals surface area contributed by atoms with Crippen LogP contribution in [0.3, 0.4) is 0 Å². The van der Waals surface area contributed by atoms with Crippen molar-refractivity contribution in [3.05, 3.63) is 182 Å². The molecule has 1 aromatic heterocycles. The van der Waals surface area contributed by atoms with Crippen molar-refractivity contribution >= 4 is 33.8 Å². The first-order valence-electron chi connectivity index (χ1n) is 18.3. The zero-order valence-corrected chi connectivity index (χ0v) is 31.8. The fraction of sp³-hybridized carbons (Fsp3) is 0.143. The van der Waals surface area contributed by atoms with Gasteiger partial charge in [0.15, 0.2) is 81.7 Å². The Balaban J connectivity index is 0.000000289. The number of ketones is 1. The van der Waals surface area contributed by atoms with Crippen LogP contribution in [0.25, 0.3) is 0 Å². The van der Waals surface area contributed by atoms with Crippen molar-refractivity contribution in [2.24, 2.45) is 0 Å². The van der Waals surface area contributed by atoms with Gasteiger partial charge < -0.3 is 0 Å². The summed E-state index contributed by atoms with van der Waals surface area (Å²) in [5.74, 6) is -70.6. The van der Waals surface area contributed by atoms with Crippen LogP contribution in [0.5, 0.6) is 0 Å². The molecule has 1 heterocycles. The van der Waals surface area contributed by atoms with Gasteiger partial charge in [-0.3, -0.25) is 4.79 Å². The Bertz CT molecular complexity index is 2500. The van der Waals surface area contributed by atoms with Crippen LogP contribution in [0, 0.1) is 116 Å². The van der Waals surface area contributed by atoms with E-state index in [-0.39, 0.29) is 5.78 Å². The predicted molar refractivity (Wildman–Crippen MR) is 188 cm³/mol. The SMILES string of the molecule is Fc1c(F)c(F)c([B-](c2c(F)c(F)c(F)c(F)c2F)(c2c(F)c(F)c(F)c(F)c2F)c2c(F)c(F)c(F)c(F)c2F)c(F)c1F.O=C(C[n+]1ccccc1C1CCCC1)c1ccccc1. The molecule has 0 saturated heterocycles. The predicted octanol–water partition coefficient (Wildman–Crippen LogP) is 9.36. The van der Waals surface area contributed by atoms with Crippen LogP contribution in [0.1, 0.15) is 47.7 Å². The molecule has 0 unspecified atom stereocenters. The lowest BCUT2D eigenvalue weighted by Crippen LogP contribution is -2.81. The van der Waals surface area contributed by atoms with E-state index in [2.05, 4.69) is 16.7 Å². The van der Waals surface area contributed by atoms with E-state index in [1.54, 1.807) is 0 Å². The van der Waals surface area contributed by atoms with Gasteiger partial charge in [0.2, 0.25) is 12.3 Å². The van der Waals surface area contributed by atoms with Gasteiger partial charge >= 0.3 is 0 Å². The van der Waals surface area contributed by atoms with Crippen molar-refractivity contribution in [1.82, 2.24) is 0 Å². The first-order chi connectivity index (χ1) is 30.5. The third-order valence-corrected chi connectivity index (χ3v) is 10.9. The minimum atomic E-state index is -7.22. The Morgan fingerprint density at radius 3 is 0.985 bits per heavy atom. The van der Waals surface area contributed by atoms with Crippen LogP contribution in [0.2, 0.25) is 0 Å². The van der Waals surface area contributed by atoms with E-state index in [4.69, 9.17) is 0 Å². The van der Waals surface area contributed by atoms with E-state index < -0.39 is 144 Å². The summed E-state index contributed by atoms with van der Waals surface area (Å²) in [5, 5.41) is 0.